The summed E-state index contributed by atoms with van der Waals surface area (Å²) in [6.45, 7) is 2.77. The van der Waals surface area contributed by atoms with Crippen LogP contribution in [0, 0.1) is 11.3 Å². The highest BCUT2D eigenvalue weighted by atomic mass is 16.5. The summed E-state index contributed by atoms with van der Waals surface area (Å²) in [5, 5.41) is 7.44. The zero-order chi connectivity index (χ0) is 14.9. The van der Waals surface area contributed by atoms with Crippen LogP contribution >= 0.6 is 0 Å². The highest BCUT2D eigenvalue weighted by Crippen LogP contribution is 2.25. The van der Waals surface area contributed by atoms with Crippen LogP contribution in [0.4, 0.5) is 0 Å². The monoisotopic (exact) mass is 287 g/mol. The largest absolute Gasteiger partial charge is 0.493 e. The van der Waals surface area contributed by atoms with Gasteiger partial charge in [0, 0.05) is 5.71 Å². The minimum absolute atomic E-state index is 0.762. The van der Waals surface area contributed by atoms with E-state index < -0.39 is 0 Å². The Labute approximate surface area is 129 Å². The lowest BCUT2D eigenvalue weighted by atomic mass is 9.90. The van der Waals surface area contributed by atoms with E-state index in [-0.39, 0.29) is 0 Å². The Morgan fingerprint density at radius 2 is 2.00 bits per heavy atom. The fraction of sp³-hybridized carbons (Fsp3) is 0.632. The second kappa shape index (κ2) is 8.86. The van der Waals surface area contributed by atoms with Crippen LogP contribution in [-0.2, 0) is 6.42 Å². The van der Waals surface area contributed by atoms with Gasteiger partial charge in [0.1, 0.15) is 5.75 Å². The quantitative estimate of drug-likeness (QED) is 0.504. The van der Waals surface area contributed by atoms with Gasteiger partial charge in [0.15, 0.2) is 0 Å². The Morgan fingerprint density at radius 3 is 2.76 bits per heavy atom. The molecule has 0 bridgehead atoms. The van der Waals surface area contributed by atoms with Crippen molar-refractivity contribution >= 4 is 5.71 Å². The van der Waals surface area contributed by atoms with Gasteiger partial charge >= 0.3 is 0 Å². The average Bonchev–Trinajstić information content (AvgIpc) is 2.51. The van der Waals surface area contributed by atoms with E-state index in [1.807, 2.05) is 6.92 Å². The summed E-state index contributed by atoms with van der Waals surface area (Å²) in [5.74, 6) is 1.79. The van der Waals surface area contributed by atoms with Gasteiger partial charge in [0.2, 0.25) is 0 Å². The van der Waals surface area contributed by atoms with Crippen LogP contribution in [0.5, 0.6) is 5.75 Å². The van der Waals surface area contributed by atoms with Crippen LogP contribution in [-0.4, -0.2) is 12.3 Å². The molecular weight excluding hydrogens is 258 g/mol. The van der Waals surface area contributed by atoms with E-state index in [0.717, 1.165) is 49.7 Å². The molecule has 0 aromatic heterocycles. The average molecular weight is 287 g/mol. The number of rotatable bonds is 8. The van der Waals surface area contributed by atoms with Gasteiger partial charge in [-0.05, 0) is 69.1 Å². The smallest absolute Gasteiger partial charge is 0.119 e. The van der Waals surface area contributed by atoms with E-state index in [4.69, 9.17) is 10.1 Å². The molecule has 1 N–H and O–H groups in total. The molecule has 2 heteroatoms. The van der Waals surface area contributed by atoms with E-state index in [1.165, 1.54) is 37.7 Å². The Hall–Kier alpha value is -1.31. The second-order valence-electron chi connectivity index (χ2n) is 6.45. The Morgan fingerprint density at radius 1 is 1.19 bits per heavy atom. The summed E-state index contributed by atoms with van der Waals surface area (Å²) in [5.41, 5.74) is 2.15. The SMILES string of the molecule is CC(=N)CCCCc1cccc(OCC2CCCCC2)c1. The van der Waals surface area contributed by atoms with Crippen molar-refractivity contribution < 1.29 is 4.74 Å². The van der Waals surface area contributed by atoms with Gasteiger partial charge in [-0.1, -0.05) is 31.4 Å². The molecule has 0 unspecified atom stereocenters. The van der Waals surface area contributed by atoms with Crippen molar-refractivity contribution in [2.75, 3.05) is 6.61 Å². The van der Waals surface area contributed by atoms with Crippen LogP contribution in [0.25, 0.3) is 0 Å². The second-order valence-corrected chi connectivity index (χ2v) is 6.45. The predicted molar refractivity (Wildman–Crippen MR) is 89.5 cm³/mol. The van der Waals surface area contributed by atoms with E-state index in [1.54, 1.807) is 0 Å². The molecule has 1 aliphatic carbocycles. The Balaban J connectivity index is 1.73. The van der Waals surface area contributed by atoms with Gasteiger partial charge in [-0.15, -0.1) is 0 Å². The summed E-state index contributed by atoms with van der Waals surface area (Å²) in [4.78, 5) is 0. The fourth-order valence-electron chi connectivity index (χ4n) is 3.08. The van der Waals surface area contributed by atoms with E-state index >= 15 is 0 Å². The molecule has 2 rings (SSSR count). The van der Waals surface area contributed by atoms with E-state index in [2.05, 4.69) is 24.3 Å². The van der Waals surface area contributed by atoms with Gasteiger partial charge in [-0.3, -0.25) is 0 Å². The molecule has 0 heterocycles. The number of hydrogen-bond donors (Lipinski definition) is 1. The first-order chi connectivity index (χ1) is 10.2. The number of benzene rings is 1. The standard InChI is InChI=1S/C19H29NO/c1-16(20)8-5-6-9-17-12-7-13-19(14-17)21-15-18-10-3-2-4-11-18/h7,12-14,18,20H,2-6,8-11,15H2,1H3. The Kier molecular flexibility index (Phi) is 6.78. The van der Waals surface area contributed by atoms with Crippen molar-refractivity contribution in [3.8, 4) is 5.75 Å². The van der Waals surface area contributed by atoms with Crippen LogP contribution in [0.2, 0.25) is 0 Å². The maximum atomic E-state index is 7.44. The summed E-state index contributed by atoms with van der Waals surface area (Å²) in [6, 6.07) is 8.56. The molecule has 0 radical (unpaired) electrons. The van der Waals surface area contributed by atoms with Crippen molar-refractivity contribution in [3.63, 3.8) is 0 Å². The molecule has 0 spiro atoms. The highest BCUT2D eigenvalue weighted by Gasteiger charge is 2.13. The highest BCUT2D eigenvalue weighted by molar-refractivity contribution is 5.78. The molecule has 0 amide bonds. The van der Waals surface area contributed by atoms with Crippen LogP contribution in [0.1, 0.15) is 63.9 Å². The third-order valence-electron chi connectivity index (χ3n) is 4.38. The molecule has 0 aliphatic heterocycles. The first kappa shape index (κ1) is 16.1. The summed E-state index contributed by atoms with van der Waals surface area (Å²) in [7, 11) is 0. The summed E-state index contributed by atoms with van der Waals surface area (Å²) >= 11 is 0. The first-order valence-corrected chi connectivity index (χ1v) is 8.50. The molecule has 1 aromatic rings. The van der Waals surface area contributed by atoms with Crippen molar-refractivity contribution in [2.45, 2.75) is 64.7 Å². The molecule has 1 aliphatic rings. The summed E-state index contributed by atoms with van der Waals surface area (Å²) in [6.07, 6.45) is 11.1. The van der Waals surface area contributed by atoms with Crippen LogP contribution in [0.3, 0.4) is 0 Å². The van der Waals surface area contributed by atoms with E-state index in [0.29, 0.717) is 0 Å². The molecule has 21 heavy (non-hydrogen) atoms. The van der Waals surface area contributed by atoms with Crippen molar-refractivity contribution in [1.29, 1.82) is 5.41 Å². The number of unbranched alkanes of at least 4 members (excludes halogenated alkanes) is 1. The number of aryl methyl sites for hydroxylation is 1. The lowest BCUT2D eigenvalue weighted by molar-refractivity contribution is 0.208. The van der Waals surface area contributed by atoms with Gasteiger partial charge in [-0.2, -0.15) is 0 Å². The molecule has 1 fully saturated rings. The third kappa shape index (κ3) is 6.33. The molecule has 2 nitrogen and oxygen atoms in total. The lowest BCUT2D eigenvalue weighted by Crippen LogP contribution is -2.15. The third-order valence-corrected chi connectivity index (χ3v) is 4.38. The maximum Gasteiger partial charge on any atom is 0.119 e. The fourth-order valence-corrected chi connectivity index (χ4v) is 3.08. The molecular formula is C19H29NO. The predicted octanol–water partition coefficient (Wildman–Crippen LogP) is 5.40. The van der Waals surface area contributed by atoms with Gasteiger partial charge in [0.05, 0.1) is 6.61 Å². The molecule has 1 aromatic carbocycles. The first-order valence-electron chi connectivity index (χ1n) is 8.50. The Bertz CT molecular complexity index is 435. The number of ether oxygens (including phenoxy) is 1. The van der Waals surface area contributed by atoms with Crippen molar-refractivity contribution in [2.24, 2.45) is 5.92 Å². The number of nitrogens with one attached hydrogen (secondary N) is 1. The van der Waals surface area contributed by atoms with Gasteiger partial charge in [-0.25, -0.2) is 0 Å². The topological polar surface area (TPSA) is 33.1 Å². The van der Waals surface area contributed by atoms with Crippen LogP contribution < -0.4 is 4.74 Å². The molecule has 1 saturated carbocycles. The maximum absolute atomic E-state index is 7.44. The molecule has 0 atom stereocenters. The molecule has 0 saturated heterocycles. The number of hydrogen-bond acceptors (Lipinski definition) is 2. The van der Waals surface area contributed by atoms with Crippen LogP contribution in [0.15, 0.2) is 24.3 Å². The zero-order valence-electron chi connectivity index (χ0n) is 13.4. The van der Waals surface area contributed by atoms with Gasteiger partial charge in [0.25, 0.3) is 0 Å². The minimum Gasteiger partial charge on any atom is -0.493 e. The van der Waals surface area contributed by atoms with Crippen molar-refractivity contribution in [1.82, 2.24) is 0 Å². The lowest BCUT2D eigenvalue weighted by Gasteiger charge is -2.21. The minimum atomic E-state index is 0.762. The normalized spacial score (nSPS) is 15.9. The van der Waals surface area contributed by atoms with Gasteiger partial charge < -0.3 is 10.1 Å². The van der Waals surface area contributed by atoms with Crippen molar-refractivity contribution in [3.05, 3.63) is 29.8 Å². The molecule has 116 valence electrons. The van der Waals surface area contributed by atoms with E-state index in [9.17, 15) is 0 Å². The zero-order valence-corrected chi connectivity index (χ0v) is 13.4. The summed E-state index contributed by atoms with van der Waals surface area (Å²) < 4.78 is 6.00.